The molecule has 1 aliphatic rings. The minimum absolute atomic E-state index is 0.0935. The fourth-order valence-electron chi connectivity index (χ4n) is 2.20. The Morgan fingerprint density at radius 1 is 1.32 bits per heavy atom. The summed E-state index contributed by atoms with van der Waals surface area (Å²) in [5.41, 5.74) is 7.06. The Balaban J connectivity index is 1.91. The van der Waals surface area contributed by atoms with E-state index in [2.05, 4.69) is 10.1 Å². The van der Waals surface area contributed by atoms with Crippen LogP contribution in [-0.2, 0) is 9.84 Å². The van der Waals surface area contributed by atoms with Gasteiger partial charge in [-0.1, -0.05) is 17.3 Å². The molecule has 1 fully saturated rings. The van der Waals surface area contributed by atoms with Gasteiger partial charge in [-0.25, -0.2) is 8.42 Å². The molecule has 0 aliphatic carbocycles. The molecule has 1 aliphatic heterocycles. The van der Waals surface area contributed by atoms with Crippen LogP contribution in [0.4, 0.5) is 5.69 Å². The largest absolute Gasteiger partial charge is 0.398 e. The number of hydrogen-bond acceptors (Lipinski definition) is 6. The van der Waals surface area contributed by atoms with Gasteiger partial charge >= 0.3 is 0 Å². The summed E-state index contributed by atoms with van der Waals surface area (Å²) in [6.45, 7) is 0. The van der Waals surface area contributed by atoms with E-state index in [1.165, 1.54) is 0 Å². The third-order valence-corrected chi connectivity index (χ3v) is 5.00. The maximum absolute atomic E-state index is 11.4. The third kappa shape index (κ3) is 2.33. The molecule has 0 saturated carbocycles. The lowest BCUT2D eigenvalue weighted by atomic mass is 10.1. The molecule has 1 aromatic carbocycles. The van der Waals surface area contributed by atoms with Gasteiger partial charge in [0.05, 0.1) is 17.1 Å². The van der Waals surface area contributed by atoms with Gasteiger partial charge in [0.15, 0.2) is 15.7 Å². The zero-order chi connectivity index (χ0) is 13.5. The fraction of sp³-hybridized carbons (Fsp3) is 0.333. The number of nitrogens with zero attached hydrogens (tertiary/aromatic N) is 2. The van der Waals surface area contributed by atoms with Gasteiger partial charge in [-0.2, -0.15) is 4.98 Å². The van der Waals surface area contributed by atoms with Crippen LogP contribution in [0, 0.1) is 0 Å². The van der Waals surface area contributed by atoms with Crippen LogP contribution in [0.1, 0.15) is 18.2 Å². The molecule has 2 N–H and O–H groups in total. The lowest BCUT2D eigenvalue weighted by Crippen LogP contribution is -2.05. The van der Waals surface area contributed by atoms with Crippen molar-refractivity contribution in [3.8, 4) is 11.5 Å². The maximum Gasteiger partial charge on any atom is 0.260 e. The summed E-state index contributed by atoms with van der Waals surface area (Å²) in [5, 5.41) is 3.88. The van der Waals surface area contributed by atoms with Crippen LogP contribution in [0.15, 0.2) is 28.8 Å². The minimum atomic E-state index is -2.95. The molecule has 6 nitrogen and oxygen atoms in total. The summed E-state index contributed by atoms with van der Waals surface area (Å²) in [6, 6.07) is 7.19. The number of para-hydroxylation sites is 1. The Kier molecular flexibility index (Phi) is 2.78. The van der Waals surface area contributed by atoms with Crippen LogP contribution in [-0.4, -0.2) is 30.1 Å². The molecule has 2 aromatic rings. The molecular weight excluding hydrogens is 266 g/mol. The van der Waals surface area contributed by atoms with Gasteiger partial charge in [0, 0.05) is 11.6 Å². The Morgan fingerprint density at radius 3 is 2.79 bits per heavy atom. The summed E-state index contributed by atoms with van der Waals surface area (Å²) >= 11 is 0. The first-order valence-corrected chi connectivity index (χ1v) is 7.76. The average Bonchev–Trinajstić information content (AvgIpc) is 2.96. The normalized spacial score (nSPS) is 21.6. The smallest absolute Gasteiger partial charge is 0.260 e. The van der Waals surface area contributed by atoms with Crippen molar-refractivity contribution in [2.24, 2.45) is 0 Å². The van der Waals surface area contributed by atoms with Crippen molar-refractivity contribution in [2.75, 3.05) is 17.2 Å². The minimum Gasteiger partial charge on any atom is -0.398 e. The van der Waals surface area contributed by atoms with E-state index in [1.807, 2.05) is 12.1 Å². The van der Waals surface area contributed by atoms with Crippen LogP contribution < -0.4 is 5.73 Å². The van der Waals surface area contributed by atoms with Gasteiger partial charge in [0.1, 0.15) is 0 Å². The monoisotopic (exact) mass is 279 g/mol. The van der Waals surface area contributed by atoms with Crippen molar-refractivity contribution in [2.45, 2.75) is 12.3 Å². The van der Waals surface area contributed by atoms with Gasteiger partial charge in [0.25, 0.3) is 5.89 Å². The highest BCUT2D eigenvalue weighted by molar-refractivity contribution is 7.91. The quantitative estimate of drug-likeness (QED) is 0.830. The second-order valence-corrected chi connectivity index (χ2v) is 6.87. The highest BCUT2D eigenvalue weighted by atomic mass is 32.2. The van der Waals surface area contributed by atoms with Gasteiger partial charge in [-0.3, -0.25) is 0 Å². The van der Waals surface area contributed by atoms with E-state index in [0.29, 0.717) is 29.4 Å². The van der Waals surface area contributed by atoms with E-state index in [1.54, 1.807) is 12.1 Å². The number of nitrogen functional groups attached to an aromatic ring is 1. The van der Waals surface area contributed by atoms with E-state index in [0.717, 1.165) is 0 Å². The van der Waals surface area contributed by atoms with E-state index >= 15 is 0 Å². The summed E-state index contributed by atoms with van der Waals surface area (Å²) in [4.78, 5) is 4.27. The molecule has 2 heterocycles. The van der Waals surface area contributed by atoms with Crippen LogP contribution in [0.25, 0.3) is 11.5 Å². The van der Waals surface area contributed by atoms with Crippen LogP contribution in [0.2, 0.25) is 0 Å². The second-order valence-electron chi connectivity index (χ2n) is 4.64. The lowest BCUT2D eigenvalue weighted by molar-refractivity contribution is 0.418. The highest BCUT2D eigenvalue weighted by Gasteiger charge is 2.32. The van der Waals surface area contributed by atoms with Gasteiger partial charge in [-0.15, -0.1) is 0 Å². The maximum atomic E-state index is 11.4. The molecule has 19 heavy (non-hydrogen) atoms. The topological polar surface area (TPSA) is 99.1 Å². The molecule has 1 saturated heterocycles. The van der Waals surface area contributed by atoms with Crippen molar-refractivity contribution in [3.05, 3.63) is 30.1 Å². The van der Waals surface area contributed by atoms with E-state index in [4.69, 9.17) is 10.3 Å². The molecule has 0 bridgehead atoms. The van der Waals surface area contributed by atoms with Gasteiger partial charge < -0.3 is 10.3 Å². The Labute approximate surface area is 110 Å². The third-order valence-electron chi connectivity index (χ3n) is 3.23. The van der Waals surface area contributed by atoms with Crippen molar-refractivity contribution in [1.82, 2.24) is 10.1 Å². The first-order valence-electron chi connectivity index (χ1n) is 5.94. The standard InChI is InChI=1S/C12H13N3O3S/c13-10-4-2-1-3-9(10)12-14-11(15-18-12)8-5-6-19(16,17)7-8/h1-4,8H,5-7,13H2. The Morgan fingerprint density at radius 2 is 2.11 bits per heavy atom. The number of nitrogens with two attached hydrogens (primary N) is 1. The number of aromatic nitrogens is 2. The molecular formula is C12H13N3O3S. The predicted molar refractivity (Wildman–Crippen MR) is 70.2 cm³/mol. The second kappa shape index (κ2) is 4.34. The molecule has 0 radical (unpaired) electrons. The molecule has 3 rings (SSSR count). The summed E-state index contributed by atoms with van der Waals surface area (Å²) in [7, 11) is -2.95. The molecule has 0 amide bonds. The Bertz CT molecular complexity index is 709. The molecule has 100 valence electrons. The number of benzene rings is 1. The molecule has 1 unspecified atom stereocenters. The number of anilines is 1. The SMILES string of the molecule is Nc1ccccc1-c1nc(C2CCS(=O)(=O)C2)no1. The first kappa shape index (κ1) is 12.2. The van der Waals surface area contributed by atoms with Crippen LogP contribution in [0.5, 0.6) is 0 Å². The molecule has 1 atom stereocenters. The van der Waals surface area contributed by atoms with E-state index in [-0.39, 0.29) is 17.4 Å². The zero-order valence-electron chi connectivity index (χ0n) is 10.1. The first-order chi connectivity index (χ1) is 9.05. The highest BCUT2D eigenvalue weighted by Crippen LogP contribution is 2.30. The predicted octanol–water partition coefficient (Wildman–Crippen LogP) is 1.22. The summed E-state index contributed by atoms with van der Waals surface area (Å²) in [6.07, 6.45) is 0.547. The van der Waals surface area contributed by atoms with Crippen molar-refractivity contribution in [3.63, 3.8) is 0 Å². The summed E-state index contributed by atoms with van der Waals surface area (Å²) in [5.74, 6) is 0.884. The van der Waals surface area contributed by atoms with Crippen molar-refractivity contribution in [1.29, 1.82) is 0 Å². The molecule has 7 heteroatoms. The molecule has 0 spiro atoms. The fourth-order valence-corrected chi connectivity index (χ4v) is 3.94. The Hall–Kier alpha value is -1.89. The summed E-state index contributed by atoms with van der Waals surface area (Å²) < 4.78 is 28.1. The average molecular weight is 279 g/mol. The van der Waals surface area contributed by atoms with Crippen LogP contribution >= 0.6 is 0 Å². The number of sulfone groups is 1. The number of hydrogen-bond donors (Lipinski definition) is 1. The van der Waals surface area contributed by atoms with Gasteiger partial charge in [0.2, 0.25) is 0 Å². The van der Waals surface area contributed by atoms with Gasteiger partial charge in [-0.05, 0) is 18.6 Å². The van der Waals surface area contributed by atoms with Crippen molar-refractivity contribution >= 4 is 15.5 Å². The lowest BCUT2D eigenvalue weighted by Gasteiger charge is -1.99. The van der Waals surface area contributed by atoms with Crippen molar-refractivity contribution < 1.29 is 12.9 Å². The zero-order valence-corrected chi connectivity index (χ0v) is 10.9. The molecule has 1 aromatic heterocycles. The van der Waals surface area contributed by atoms with Crippen LogP contribution in [0.3, 0.4) is 0 Å². The van der Waals surface area contributed by atoms with E-state index < -0.39 is 9.84 Å². The van der Waals surface area contributed by atoms with E-state index in [9.17, 15) is 8.42 Å². The number of rotatable bonds is 2.